The van der Waals surface area contributed by atoms with E-state index < -0.39 is 9.84 Å². The van der Waals surface area contributed by atoms with Crippen LogP contribution in [0.5, 0.6) is 0 Å². The fourth-order valence-corrected chi connectivity index (χ4v) is 3.53. The van der Waals surface area contributed by atoms with Crippen LogP contribution in [0.3, 0.4) is 0 Å². The highest BCUT2D eigenvalue weighted by Gasteiger charge is 2.30. The summed E-state index contributed by atoms with van der Waals surface area (Å²) in [5.41, 5.74) is 5.72. The number of hydrogen-bond donors (Lipinski definition) is 1. The van der Waals surface area contributed by atoms with E-state index in [2.05, 4.69) is 15.9 Å². The Bertz CT molecular complexity index is 571. The van der Waals surface area contributed by atoms with Crippen LogP contribution in [0, 0.1) is 0 Å². The number of carbonyl (C=O) groups excluding carboxylic acids is 1. The average molecular weight is 319 g/mol. The van der Waals surface area contributed by atoms with E-state index in [0.29, 0.717) is 5.69 Å². The molecule has 1 heterocycles. The number of nitrogens with zero attached hydrogens (tertiary/aromatic N) is 1. The Kier molecular flexibility index (Phi) is 3.24. The largest absolute Gasteiger partial charge is 0.322 e. The molecule has 1 aromatic carbocycles. The third-order valence-corrected chi connectivity index (χ3v) is 4.83. The molecule has 0 aliphatic carbocycles. The minimum atomic E-state index is -3.29. The highest BCUT2D eigenvalue weighted by Crippen LogP contribution is 2.32. The van der Waals surface area contributed by atoms with Gasteiger partial charge in [-0.1, -0.05) is 15.9 Å². The van der Waals surface area contributed by atoms with Crippen molar-refractivity contribution in [2.45, 2.75) is 4.90 Å². The summed E-state index contributed by atoms with van der Waals surface area (Å²) < 4.78 is 24.4. The Labute approximate surface area is 108 Å². The zero-order chi connectivity index (χ0) is 12.6. The smallest absolute Gasteiger partial charge is 0.240 e. The second-order valence-electron chi connectivity index (χ2n) is 3.68. The van der Waals surface area contributed by atoms with Gasteiger partial charge in [-0.05, 0) is 18.2 Å². The molecule has 1 aromatic rings. The minimum Gasteiger partial charge on any atom is -0.322 e. The van der Waals surface area contributed by atoms with Gasteiger partial charge in [0.2, 0.25) is 5.91 Å². The molecule has 5 nitrogen and oxygen atoms in total. The van der Waals surface area contributed by atoms with Gasteiger partial charge in [0.1, 0.15) is 0 Å². The minimum absolute atomic E-state index is 0.0621. The summed E-state index contributed by atoms with van der Waals surface area (Å²) >= 11 is 3.26. The number of benzene rings is 1. The maximum Gasteiger partial charge on any atom is 0.240 e. The van der Waals surface area contributed by atoms with E-state index in [4.69, 9.17) is 5.73 Å². The molecule has 0 unspecified atom stereocenters. The van der Waals surface area contributed by atoms with Crippen LogP contribution >= 0.6 is 15.9 Å². The van der Waals surface area contributed by atoms with Gasteiger partial charge in [0, 0.05) is 11.0 Å². The van der Waals surface area contributed by atoms with Gasteiger partial charge in [-0.3, -0.25) is 4.79 Å². The molecule has 7 heteroatoms. The van der Waals surface area contributed by atoms with Crippen molar-refractivity contribution in [3.63, 3.8) is 0 Å². The van der Waals surface area contributed by atoms with Crippen LogP contribution in [0.25, 0.3) is 0 Å². The Morgan fingerprint density at radius 1 is 1.47 bits per heavy atom. The van der Waals surface area contributed by atoms with Crippen LogP contribution in [0.2, 0.25) is 0 Å². The van der Waals surface area contributed by atoms with E-state index in [-0.39, 0.29) is 29.6 Å². The lowest BCUT2D eigenvalue weighted by molar-refractivity contribution is -0.117. The van der Waals surface area contributed by atoms with Gasteiger partial charge < -0.3 is 10.6 Å². The van der Waals surface area contributed by atoms with Crippen molar-refractivity contribution >= 4 is 37.4 Å². The van der Waals surface area contributed by atoms with E-state index in [1.165, 1.54) is 11.0 Å². The second kappa shape index (κ2) is 4.40. The lowest BCUT2D eigenvalue weighted by atomic mass is 10.2. The predicted octanol–water partition coefficient (Wildman–Crippen LogP) is 0.528. The van der Waals surface area contributed by atoms with E-state index in [9.17, 15) is 13.2 Å². The summed E-state index contributed by atoms with van der Waals surface area (Å²) in [7, 11) is -3.29. The van der Waals surface area contributed by atoms with Crippen LogP contribution in [0.4, 0.5) is 5.69 Å². The van der Waals surface area contributed by atoms with Crippen molar-refractivity contribution in [3.8, 4) is 0 Å². The molecule has 0 aromatic heterocycles. The molecule has 92 valence electrons. The molecular formula is C10H11BrN2O3S. The fraction of sp³-hybridized carbons (Fsp3) is 0.300. The van der Waals surface area contributed by atoms with Crippen molar-refractivity contribution in [3.05, 3.63) is 22.7 Å². The average Bonchev–Trinajstić information content (AvgIpc) is 2.27. The van der Waals surface area contributed by atoms with Crippen molar-refractivity contribution in [1.29, 1.82) is 0 Å². The van der Waals surface area contributed by atoms with Gasteiger partial charge in [-0.15, -0.1) is 0 Å². The molecule has 1 aliphatic rings. The normalized spacial score (nSPS) is 17.6. The van der Waals surface area contributed by atoms with Crippen molar-refractivity contribution < 1.29 is 13.2 Å². The number of anilines is 1. The first-order valence-corrected chi connectivity index (χ1v) is 7.43. The van der Waals surface area contributed by atoms with Crippen LogP contribution in [0.1, 0.15) is 0 Å². The third-order valence-electron chi connectivity index (χ3n) is 2.61. The van der Waals surface area contributed by atoms with E-state index in [0.717, 1.165) is 4.47 Å². The summed E-state index contributed by atoms with van der Waals surface area (Å²) in [6.45, 7) is 0.0216. The molecule has 0 spiro atoms. The first-order valence-electron chi connectivity index (χ1n) is 4.98. The maximum atomic E-state index is 11.9. The van der Waals surface area contributed by atoms with E-state index >= 15 is 0 Å². The number of nitrogens with two attached hydrogens (primary N) is 1. The number of fused-ring (bicyclic) bond motifs is 1. The number of hydrogen-bond acceptors (Lipinski definition) is 4. The number of amides is 1. The molecule has 17 heavy (non-hydrogen) atoms. The topological polar surface area (TPSA) is 80.5 Å². The van der Waals surface area contributed by atoms with Gasteiger partial charge in [-0.2, -0.15) is 0 Å². The SMILES string of the molecule is NCC(=O)N1CCS(=O)(=O)c2ccc(Br)cc21. The second-order valence-corrected chi connectivity index (χ2v) is 6.67. The first kappa shape index (κ1) is 12.5. The van der Waals surface area contributed by atoms with Crippen molar-refractivity contribution in [2.75, 3.05) is 23.7 Å². The standard InChI is InChI=1S/C10H11BrN2O3S/c11-7-1-2-9-8(5-7)13(10(14)6-12)3-4-17(9,15)16/h1-2,5H,3-4,6,12H2. The summed E-state index contributed by atoms with van der Waals surface area (Å²) in [4.78, 5) is 13.2. The molecule has 0 atom stereocenters. The predicted molar refractivity (Wildman–Crippen MR) is 67.6 cm³/mol. The van der Waals surface area contributed by atoms with E-state index in [1.54, 1.807) is 12.1 Å². The van der Waals surface area contributed by atoms with E-state index in [1.807, 2.05) is 0 Å². The quantitative estimate of drug-likeness (QED) is 0.819. The number of sulfone groups is 1. The molecule has 0 saturated heterocycles. The molecule has 0 radical (unpaired) electrons. The highest BCUT2D eigenvalue weighted by atomic mass is 79.9. The highest BCUT2D eigenvalue weighted by molar-refractivity contribution is 9.10. The lowest BCUT2D eigenvalue weighted by Gasteiger charge is -2.29. The van der Waals surface area contributed by atoms with Crippen LogP contribution in [-0.4, -0.2) is 33.2 Å². The molecule has 0 fully saturated rings. The Morgan fingerprint density at radius 2 is 2.18 bits per heavy atom. The number of rotatable bonds is 1. The summed E-state index contributed by atoms with van der Waals surface area (Å²) in [5.74, 6) is -0.341. The molecule has 1 aliphatic heterocycles. The molecule has 2 N–H and O–H groups in total. The Hall–Kier alpha value is -0.920. The summed E-state index contributed by atoms with van der Waals surface area (Å²) in [5, 5.41) is 0. The lowest BCUT2D eigenvalue weighted by Crippen LogP contribution is -2.42. The van der Waals surface area contributed by atoms with Gasteiger partial charge in [0.05, 0.1) is 22.9 Å². The maximum absolute atomic E-state index is 11.9. The van der Waals surface area contributed by atoms with Gasteiger partial charge in [0.15, 0.2) is 9.84 Å². The zero-order valence-electron chi connectivity index (χ0n) is 8.89. The zero-order valence-corrected chi connectivity index (χ0v) is 11.3. The first-order chi connectivity index (χ1) is 7.95. The summed E-state index contributed by atoms with van der Waals surface area (Å²) in [6.07, 6.45) is 0. The molecule has 1 amide bonds. The summed E-state index contributed by atoms with van der Waals surface area (Å²) in [6, 6.07) is 4.77. The van der Waals surface area contributed by atoms with Gasteiger partial charge >= 0.3 is 0 Å². The third kappa shape index (κ3) is 2.22. The van der Waals surface area contributed by atoms with Crippen LogP contribution < -0.4 is 10.6 Å². The van der Waals surface area contributed by atoms with Crippen LogP contribution in [-0.2, 0) is 14.6 Å². The molecule has 0 bridgehead atoms. The Balaban J connectivity index is 2.61. The number of halogens is 1. The van der Waals surface area contributed by atoms with Gasteiger partial charge in [-0.25, -0.2) is 8.42 Å². The monoisotopic (exact) mass is 318 g/mol. The molecular weight excluding hydrogens is 308 g/mol. The number of carbonyl (C=O) groups is 1. The fourth-order valence-electron chi connectivity index (χ4n) is 1.78. The Morgan fingerprint density at radius 3 is 2.82 bits per heavy atom. The van der Waals surface area contributed by atoms with Crippen molar-refractivity contribution in [2.24, 2.45) is 5.73 Å². The van der Waals surface area contributed by atoms with Gasteiger partial charge in [0.25, 0.3) is 0 Å². The van der Waals surface area contributed by atoms with Crippen molar-refractivity contribution in [1.82, 2.24) is 0 Å². The van der Waals surface area contributed by atoms with Crippen LogP contribution in [0.15, 0.2) is 27.6 Å². The molecule has 2 rings (SSSR count). The molecule has 0 saturated carbocycles.